The van der Waals surface area contributed by atoms with Gasteiger partial charge in [-0.3, -0.25) is 0 Å². The van der Waals surface area contributed by atoms with Crippen molar-refractivity contribution in [2.75, 3.05) is 0 Å². The predicted molar refractivity (Wildman–Crippen MR) is 82.3 cm³/mol. The molecule has 2 aromatic rings. The van der Waals surface area contributed by atoms with Crippen molar-refractivity contribution in [3.05, 3.63) is 70.3 Å². The molecule has 0 fully saturated rings. The molecule has 0 aliphatic heterocycles. The molecule has 0 saturated carbocycles. The lowest BCUT2D eigenvalue weighted by molar-refractivity contribution is 0.499. The van der Waals surface area contributed by atoms with Crippen LogP contribution in [0.25, 0.3) is 0 Å². The third-order valence-corrected chi connectivity index (χ3v) is 3.51. The number of rotatable bonds is 5. The zero-order chi connectivity index (χ0) is 15.4. The first kappa shape index (κ1) is 15.6. The zero-order valence-electron chi connectivity index (χ0n) is 12.7. The Morgan fingerprint density at radius 1 is 1.00 bits per heavy atom. The molecule has 2 rings (SSSR count). The highest BCUT2D eigenvalue weighted by molar-refractivity contribution is 5.28. The molecule has 0 heterocycles. The first-order valence-electron chi connectivity index (χ1n) is 7.19. The van der Waals surface area contributed by atoms with Crippen molar-refractivity contribution in [1.29, 1.82) is 0 Å². The van der Waals surface area contributed by atoms with Gasteiger partial charge in [-0.2, -0.15) is 0 Å². The van der Waals surface area contributed by atoms with Crippen molar-refractivity contribution in [3.63, 3.8) is 0 Å². The van der Waals surface area contributed by atoms with Gasteiger partial charge in [-0.25, -0.2) is 8.78 Å². The Hall–Kier alpha value is -1.74. The Labute approximate surface area is 125 Å². The molecule has 0 radical (unpaired) electrons. The van der Waals surface area contributed by atoms with E-state index in [-0.39, 0.29) is 11.6 Å². The minimum Gasteiger partial charge on any atom is -0.310 e. The van der Waals surface area contributed by atoms with E-state index < -0.39 is 11.6 Å². The summed E-state index contributed by atoms with van der Waals surface area (Å²) in [5.41, 5.74) is 3.78. The largest absolute Gasteiger partial charge is 0.310 e. The van der Waals surface area contributed by atoms with E-state index in [2.05, 4.69) is 37.4 Å². The molecule has 0 saturated heterocycles. The summed E-state index contributed by atoms with van der Waals surface area (Å²) in [6.45, 7) is 6.76. The highest BCUT2D eigenvalue weighted by Gasteiger charge is 2.12. The van der Waals surface area contributed by atoms with Gasteiger partial charge in [0.1, 0.15) is 11.6 Å². The maximum Gasteiger partial charge on any atom is 0.129 e. The van der Waals surface area contributed by atoms with Crippen molar-refractivity contribution < 1.29 is 8.78 Å². The summed E-state index contributed by atoms with van der Waals surface area (Å²) in [5, 5.41) is 3.32. The number of hydrogen-bond acceptors (Lipinski definition) is 1. The fourth-order valence-corrected chi connectivity index (χ4v) is 2.57. The van der Waals surface area contributed by atoms with Crippen LogP contribution in [0.4, 0.5) is 8.78 Å². The Morgan fingerprint density at radius 3 is 2.14 bits per heavy atom. The van der Waals surface area contributed by atoms with Crippen LogP contribution in [0.15, 0.2) is 36.4 Å². The normalized spacial score (nSPS) is 12.4. The van der Waals surface area contributed by atoms with E-state index in [1.54, 1.807) is 0 Å². The molecule has 1 unspecified atom stereocenters. The van der Waals surface area contributed by atoms with Crippen LogP contribution in [0.2, 0.25) is 0 Å². The Kier molecular flexibility index (Phi) is 5.07. The Balaban J connectivity index is 1.97. The Bertz CT molecular complexity index is 582. The van der Waals surface area contributed by atoms with Gasteiger partial charge in [0.2, 0.25) is 0 Å². The van der Waals surface area contributed by atoms with Crippen LogP contribution in [0.3, 0.4) is 0 Å². The van der Waals surface area contributed by atoms with Crippen molar-refractivity contribution in [1.82, 2.24) is 5.32 Å². The molecule has 0 aromatic heterocycles. The lowest BCUT2D eigenvalue weighted by Gasteiger charge is -2.15. The summed E-state index contributed by atoms with van der Waals surface area (Å²) in [6, 6.07) is 10.4. The third kappa shape index (κ3) is 4.36. The maximum absolute atomic E-state index is 13.6. The summed E-state index contributed by atoms with van der Waals surface area (Å²) in [6.07, 6.45) is 0.337. The van der Waals surface area contributed by atoms with Crippen LogP contribution >= 0.6 is 0 Å². The van der Waals surface area contributed by atoms with E-state index in [4.69, 9.17) is 0 Å². The fourth-order valence-electron chi connectivity index (χ4n) is 2.57. The van der Waals surface area contributed by atoms with Crippen LogP contribution in [-0.2, 0) is 13.0 Å². The molecule has 0 aliphatic carbocycles. The van der Waals surface area contributed by atoms with Gasteiger partial charge in [0.25, 0.3) is 0 Å². The molecular formula is C18H21F2N. The quantitative estimate of drug-likeness (QED) is 0.865. The van der Waals surface area contributed by atoms with E-state index in [0.29, 0.717) is 13.0 Å². The second-order valence-corrected chi connectivity index (χ2v) is 5.68. The standard InChI is InChI=1S/C18H21F2N/c1-12-7-13(2)9-15(8-12)11-21-14(3)10-16-17(19)5-4-6-18(16)20/h4-9,14,21H,10-11H2,1-3H3. The number of nitrogens with one attached hydrogen (secondary N) is 1. The summed E-state index contributed by atoms with van der Waals surface area (Å²) in [7, 11) is 0. The van der Waals surface area contributed by atoms with Gasteiger partial charge in [-0.05, 0) is 44.9 Å². The van der Waals surface area contributed by atoms with Gasteiger partial charge in [-0.1, -0.05) is 35.4 Å². The van der Waals surface area contributed by atoms with Crippen molar-refractivity contribution in [2.45, 2.75) is 39.8 Å². The van der Waals surface area contributed by atoms with Gasteiger partial charge >= 0.3 is 0 Å². The van der Waals surface area contributed by atoms with Gasteiger partial charge < -0.3 is 5.32 Å². The average molecular weight is 289 g/mol. The van der Waals surface area contributed by atoms with E-state index >= 15 is 0 Å². The van der Waals surface area contributed by atoms with E-state index in [1.165, 1.54) is 34.9 Å². The van der Waals surface area contributed by atoms with Gasteiger partial charge in [-0.15, -0.1) is 0 Å². The molecule has 3 heteroatoms. The van der Waals surface area contributed by atoms with E-state index in [1.807, 2.05) is 6.92 Å². The number of halogens is 2. The van der Waals surface area contributed by atoms with Crippen molar-refractivity contribution in [2.24, 2.45) is 0 Å². The molecule has 0 amide bonds. The maximum atomic E-state index is 13.6. The summed E-state index contributed by atoms with van der Waals surface area (Å²) in [4.78, 5) is 0. The lowest BCUT2D eigenvalue weighted by atomic mass is 10.0. The van der Waals surface area contributed by atoms with Gasteiger partial charge in [0.15, 0.2) is 0 Å². The highest BCUT2D eigenvalue weighted by atomic mass is 19.1. The minimum atomic E-state index is -0.477. The zero-order valence-corrected chi connectivity index (χ0v) is 12.7. The van der Waals surface area contributed by atoms with E-state index in [9.17, 15) is 8.78 Å². The lowest BCUT2D eigenvalue weighted by Crippen LogP contribution is -2.28. The highest BCUT2D eigenvalue weighted by Crippen LogP contribution is 2.15. The Morgan fingerprint density at radius 2 is 1.57 bits per heavy atom. The van der Waals surface area contributed by atoms with Crippen LogP contribution < -0.4 is 5.32 Å². The molecule has 1 atom stereocenters. The molecular weight excluding hydrogens is 268 g/mol. The van der Waals surface area contributed by atoms with Crippen molar-refractivity contribution in [3.8, 4) is 0 Å². The van der Waals surface area contributed by atoms with Gasteiger partial charge in [0, 0.05) is 18.2 Å². The first-order valence-corrected chi connectivity index (χ1v) is 7.19. The van der Waals surface area contributed by atoms with Crippen LogP contribution in [-0.4, -0.2) is 6.04 Å². The minimum absolute atomic E-state index is 0.00258. The third-order valence-electron chi connectivity index (χ3n) is 3.51. The van der Waals surface area contributed by atoms with E-state index in [0.717, 1.165) is 0 Å². The molecule has 1 nitrogen and oxygen atoms in total. The van der Waals surface area contributed by atoms with Crippen LogP contribution in [0.5, 0.6) is 0 Å². The average Bonchev–Trinajstić information content (AvgIpc) is 2.40. The second kappa shape index (κ2) is 6.81. The molecule has 21 heavy (non-hydrogen) atoms. The second-order valence-electron chi connectivity index (χ2n) is 5.68. The number of aryl methyl sites for hydroxylation is 2. The monoisotopic (exact) mass is 289 g/mol. The predicted octanol–water partition coefficient (Wildman–Crippen LogP) is 4.30. The molecule has 0 bridgehead atoms. The topological polar surface area (TPSA) is 12.0 Å². The molecule has 1 N–H and O–H groups in total. The molecule has 0 spiro atoms. The van der Waals surface area contributed by atoms with Crippen LogP contribution in [0, 0.1) is 25.5 Å². The smallest absolute Gasteiger partial charge is 0.129 e. The molecule has 112 valence electrons. The number of hydrogen-bond donors (Lipinski definition) is 1. The van der Waals surface area contributed by atoms with Crippen LogP contribution in [0.1, 0.15) is 29.2 Å². The van der Waals surface area contributed by atoms with Crippen molar-refractivity contribution >= 4 is 0 Å². The molecule has 2 aromatic carbocycles. The summed E-state index contributed by atoms with van der Waals surface area (Å²) >= 11 is 0. The SMILES string of the molecule is Cc1cc(C)cc(CNC(C)Cc2c(F)cccc2F)c1. The number of benzene rings is 2. The summed E-state index contributed by atoms with van der Waals surface area (Å²) in [5.74, 6) is -0.954. The molecule has 0 aliphatic rings. The first-order chi connectivity index (χ1) is 9.95. The fraction of sp³-hybridized carbons (Fsp3) is 0.333. The summed E-state index contributed by atoms with van der Waals surface area (Å²) < 4.78 is 27.2. The van der Waals surface area contributed by atoms with Gasteiger partial charge in [0.05, 0.1) is 0 Å².